The fourth-order valence-electron chi connectivity index (χ4n) is 4.14. The summed E-state index contributed by atoms with van der Waals surface area (Å²) in [6.45, 7) is 13.7. The third-order valence-electron chi connectivity index (χ3n) is 4.31. The second-order valence-corrected chi connectivity index (χ2v) is 8.69. The van der Waals surface area contributed by atoms with Crippen molar-refractivity contribution in [3.63, 3.8) is 0 Å². The summed E-state index contributed by atoms with van der Waals surface area (Å²) >= 11 is 6.26. The Labute approximate surface area is 133 Å². The van der Waals surface area contributed by atoms with Crippen LogP contribution in [0.2, 0.25) is 5.15 Å². The van der Waals surface area contributed by atoms with Gasteiger partial charge in [-0.2, -0.15) is 0 Å². The van der Waals surface area contributed by atoms with Crippen molar-refractivity contribution < 1.29 is 0 Å². The Morgan fingerprint density at radius 3 is 2.24 bits per heavy atom. The van der Waals surface area contributed by atoms with E-state index < -0.39 is 0 Å². The first-order valence-corrected chi connectivity index (χ1v) is 8.24. The Hall–Kier alpha value is -0.830. The second-order valence-electron chi connectivity index (χ2n) is 8.34. The van der Waals surface area contributed by atoms with E-state index in [0.29, 0.717) is 27.9 Å². The maximum absolute atomic E-state index is 6.26. The van der Waals surface area contributed by atoms with Gasteiger partial charge in [-0.15, -0.1) is 0 Å². The van der Waals surface area contributed by atoms with Crippen LogP contribution >= 0.6 is 11.6 Å². The third-order valence-corrected chi connectivity index (χ3v) is 4.61. The summed E-state index contributed by atoms with van der Waals surface area (Å²) in [6.07, 6.45) is 5.14. The molecule has 0 bridgehead atoms. The molecule has 0 atom stereocenters. The summed E-state index contributed by atoms with van der Waals surface area (Å²) in [6, 6.07) is 0.437. The first-order valence-electron chi connectivity index (χ1n) is 7.87. The average Bonchev–Trinajstić information content (AvgIpc) is 2.23. The molecule has 1 saturated carbocycles. The molecule has 0 radical (unpaired) electrons. The highest BCUT2D eigenvalue weighted by Crippen LogP contribution is 2.46. The largest absolute Gasteiger partial charge is 0.367 e. The predicted molar refractivity (Wildman–Crippen MR) is 90.0 cm³/mol. The van der Waals surface area contributed by atoms with Crippen molar-refractivity contribution >= 4 is 17.4 Å². The molecular weight excluding hydrogens is 282 g/mol. The van der Waals surface area contributed by atoms with Crippen LogP contribution in [0.25, 0.3) is 0 Å². The van der Waals surface area contributed by atoms with Crippen LogP contribution in [0.1, 0.15) is 72.3 Å². The van der Waals surface area contributed by atoms with Gasteiger partial charge in [-0.05, 0) is 36.0 Å². The van der Waals surface area contributed by atoms with E-state index in [2.05, 4.69) is 56.8 Å². The van der Waals surface area contributed by atoms with Crippen molar-refractivity contribution in [2.24, 2.45) is 10.8 Å². The minimum atomic E-state index is 0.311. The molecule has 0 saturated heterocycles. The van der Waals surface area contributed by atoms with E-state index in [1.54, 1.807) is 6.33 Å². The molecule has 0 aromatic carbocycles. The van der Waals surface area contributed by atoms with Crippen molar-refractivity contribution in [1.29, 1.82) is 0 Å². The van der Waals surface area contributed by atoms with Crippen molar-refractivity contribution in [1.82, 2.24) is 9.97 Å². The molecule has 21 heavy (non-hydrogen) atoms. The van der Waals surface area contributed by atoms with Crippen LogP contribution in [0.3, 0.4) is 0 Å². The zero-order chi connectivity index (χ0) is 15.8. The molecule has 0 aliphatic heterocycles. The van der Waals surface area contributed by atoms with Crippen LogP contribution in [0, 0.1) is 10.8 Å². The highest BCUT2D eigenvalue weighted by Gasteiger charge is 2.38. The number of nitrogens with zero attached hydrogens (tertiary/aromatic N) is 2. The summed E-state index contributed by atoms with van der Waals surface area (Å²) < 4.78 is 0. The molecule has 0 amide bonds. The number of aromatic nitrogens is 2. The average molecular weight is 310 g/mol. The Bertz CT molecular complexity index is 493. The Kier molecular flexibility index (Phi) is 4.53. The zero-order valence-electron chi connectivity index (χ0n) is 14.1. The third kappa shape index (κ3) is 4.09. The van der Waals surface area contributed by atoms with Crippen molar-refractivity contribution in [2.75, 3.05) is 5.32 Å². The molecule has 2 rings (SSSR count). The molecule has 1 fully saturated rings. The minimum Gasteiger partial charge on any atom is -0.367 e. The van der Waals surface area contributed by atoms with Gasteiger partial charge in [-0.3, -0.25) is 0 Å². The van der Waals surface area contributed by atoms with E-state index in [1.165, 1.54) is 6.42 Å². The summed E-state index contributed by atoms with van der Waals surface area (Å²) in [7, 11) is 0. The lowest BCUT2D eigenvalue weighted by molar-refractivity contribution is 0.105. The van der Waals surface area contributed by atoms with Crippen LogP contribution in [-0.4, -0.2) is 16.0 Å². The predicted octanol–water partition coefficient (Wildman–Crippen LogP) is 5.27. The Balaban J connectivity index is 2.24. The quantitative estimate of drug-likeness (QED) is 0.773. The van der Waals surface area contributed by atoms with Gasteiger partial charge in [0.25, 0.3) is 0 Å². The Morgan fingerprint density at radius 1 is 1.14 bits per heavy atom. The van der Waals surface area contributed by atoms with Crippen LogP contribution in [0.15, 0.2) is 6.33 Å². The summed E-state index contributed by atoms with van der Waals surface area (Å²) in [5, 5.41) is 4.21. The lowest BCUT2D eigenvalue weighted by atomic mass is 9.63. The van der Waals surface area contributed by atoms with E-state index in [1.807, 2.05) is 0 Å². The van der Waals surface area contributed by atoms with Crippen LogP contribution in [0.5, 0.6) is 0 Å². The molecule has 1 N–H and O–H groups in total. The van der Waals surface area contributed by atoms with Gasteiger partial charge in [-0.25, -0.2) is 9.97 Å². The number of nitrogens with one attached hydrogen (secondary N) is 1. The SMILES string of the molecule is CC(C)c1c(Cl)ncnc1NC1CC(C)(C)CC(C)(C)C1. The van der Waals surface area contributed by atoms with E-state index >= 15 is 0 Å². The number of halogens is 1. The second kappa shape index (κ2) is 5.75. The Morgan fingerprint density at radius 2 is 1.71 bits per heavy atom. The fourth-order valence-corrected chi connectivity index (χ4v) is 4.49. The zero-order valence-corrected chi connectivity index (χ0v) is 14.9. The first-order chi connectivity index (χ1) is 9.60. The van der Waals surface area contributed by atoms with Gasteiger partial charge in [0.2, 0.25) is 0 Å². The smallest absolute Gasteiger partial charge is 0.138 e. The van der Waals surface area contributed by atoms with Gasteiger partial charge in [0, 0.05) is 11.6 Å². The van der Waals surface area contributed by atoms with Gasteiger partial charge in [0.05, 0.1) is 0 Å². The van der Waals surface area contributed by atoms with Crippen LogP contribution in [0.4, 0.5) is 5.82 Å². The summed E-state index contributed by atoms with van der Waals surface area (Å²) in [4.78, 5) is 8.57. The van der Waals surface area contributed by atoms with E-state index in [-0.39, 0.29) is 0 Å². The molecule has 1 aromatic rings. The topological polar surface area (TPSA) is 37.8 Å². The lowest BCUT2D eigenvalue weighted by Gasteiger charge is -2.45. The van der Waals surface area contributed by atoms with E-state index in [9.17, 15) is 0 Å². The van der Waals surface area contributed by atoms with Gasteiger partial charge in [0.1, 0.15) is 17.3 Å². The van der Waals surface area contributed by atoms with Crippen LogP contribution in [-0.2, 0) is 0 Å². The number of rotatable bonds is 3. The summed E-state index contributed by atoms with van der Waals surface area (Å²) in [5.41, 5.74) is 1.74. The summed E-state index contributed by atoms with van der Waals surface area (Å²) in [5.74, 6) is 1.22. The van der Waals surface area contributed by atoms with Crippen molar-refractivity contribution in [3.8, 4) is 0 Å². The molecule has 4 heteroatoms. The molecule has 0 unspecified atom stereocenters. The molecule has 1 aliphatic rings. The number of hydrogen-bond acceptors (Lipinski definition) is 3. The van der Waals surface area contributed by atoms with Gasteiger partial charge in [0.15, 0.2) is 0 Å². The lowest BCUT2D eigenvalue weighted by Crippen LogP contribution is -2.40. The maximum atomic E-state index is 6.26. The van der Waals surface area contributed by atoms with Gasteiger partial charge < -0.3 is 5.32 Å². The fraction of sp³-hybridized carbons (Fsp3) is 0.765. The monoisotopic (exact) mass is 309 g/mol. The minimum absolute atomic E-state index is 0.311. The molecule has 0 spiro atoms. The van der Waals surface area contributed by atoms with E-state index in [4.69, 9.17) is 11.6 Å². The highest BCUT2D eigenvalue weighted by atomic mass is 35.5. The molecule has 118 valence electrons. The standard InChI is InChI=1S/C17H28ClN3/c1-11(2)13-14(18)19-10-20-15(13)21-12-7-16(3,4)9-17(5,6)8-12/h10-12H,7-9H2,1-6H3,(H,19,20,21). The molecule has 1 heterocycles. The highest BCUT2D eigenvalue weighted by molar-refractivity contribution is 6.30. The van der Waals surface area contributed by atoms with Gasteiger partial charge in [-0.1, -0.05) is 53.1 Å². The van der Waals surface area contributed by atoms with Crippen molar-refractivity contribution in [3.05, 3.63) is 17.0 Å². The molecule has 3 nitrogen and oxygen atoms in total. The molecule has 1 aromatic heterocycles. The van der Waals surface area contributed by atoms with Crippen LogP contribution < -0.4 is 5.32 Å². The van der Waals surface area contributed by atoms with E-state index in [0.717, 1.165) is 24.2 Å². The number of hydrogen-bond donors (Lipinski definition) is 1. The normalized spacial score (nSPS) is 21.5. The first kappa shape index (κ1) is 16.5. The maximum Gasteiger partial charge on any atom is 0.138 e. The molecular formula is C17H28ClN3. The molecule has 1 aliphatic carbocycles. The van der Waals surface area contributed by atoms with Gasteiger partial charge >= 0.3 is 0 Å². The van der Waals surface area contributed by atoms with Crippen molar-refractivity contribution in [2.45, 2.75) is 72.8 Å². The number of anilines is 1.